The molecule has 1 aromatic heterocycles. The molecule has 1 aromatic carbocycles. The number of hydrogen-bond acceptors (Lipinski definition) is 2. The van der Waals surface area contributed by atoms with Crippen LogP contribution < -0.4 is 5.32 Å². The second-order valence-corrected chi connectivity index (χ2v) is 4.03. The molecule has 1 amide bonds. The molecule has 1 heterocycles. The number of imidazole rings is 1. The number of fused-ring (bicyclic) bond motifs is 1. The standard InChI is InChI=1S/C13H17N3O/c1-3-13(17)14-9-8-12-15-10-6-4-5-7-11(10)16(12)2/h4-7H,3,8-9H2,1-2H3,(H,14,17). The number of hydrogen-bond donors (Lipinski definition) is 1. The molecule has 0 saturated heterocycles. The zero-order valence-corrected chi connectivity index (χ0v) is 10.2. The first-order valence-electron chi connectivity index (χ1n) is 5.89. The summed E-state index contributed by atoms with van der Waals surface area (Å²) in [4.78, 5) is 15.7. The molecule has 0 radical (unpaired) electrons. The summed E-state index contributed by atoms with van der Waals surface area (Å²) in [6.07, 6.45) is 1.29. The van der Waals surface area contributed by atoms with Crippen LogP contribution in [0.2, 0.25) is 0 Å². The first kappa shape index (κ1) is 11.6. The average Bonchev–Trinajstić information content (AvgIpc) is 2.67. The molecule has 0 spiro atoms. The Morgan fingerprint density at radius 3 is 2.88 bits per heavy atom. The van der Waals surface area contributed by atoms with Gasteiger partial charge in [-0.3, -0.25) is 4.79 Å². The van der Waals surface area contributed by atoms with E-state index in [2.05, 4.69) is 20.9 Å². The number of carbonyl (C=O) groups excluding carboxylic acids is 1. The highest BCUT2D eigenvalue weighted by Crippen LogP contribution is 2.14. The molecule has 2 aromatic rings. The topological polar surface area (TPSA) is 46.9 Å². The first-order chi connectivity index (χ1) is 8.22. The Morgan fingerprint density at radius 2 is 2.18 bits per heavy atom. The van der Waals surface area contributed by atoms with E-state index in [-0.39, 0.29) is 5.91 Å². The summed E-state index contributed by atoms with van der Waals surface area (Å²) in [6.45, 7) is 2.49. The van der Waals surface area contributed by atoms with Crippen molar-refractivity contribution in [2.24, 2.45) is 7.05 Å². The molecule has 0 unspecified atom stereocenters. The van der Waals surface area contributed by atoms with Crippen molar-refractivity contribution < 1.29 is 4.79 Å². The number of nitrogens with zero attached hydrogens (tertiary/aromatic N) is 2. The van der Waals surface area contributed by atoms with E-state index in [4.69, 9.17) is 0 Å². The molecule has 4 heteroatoms. The van der Waals surface area contributed by atoms with Crippen molar-refractivity contribution >= 4 is 16.9 Å². The number of benzene rings is 1. The molecule has 1 N–H and O–H groups in total. The summed E-state index contributed by atoms with van der Waals surface area (Å²) in [7, 11) is 2.01. The van der Waals surface area contributed by atoms with Gasteiger partial charge in [-0.2, -0.15) is 0 Å². The third-order valence-electron chi connectivity index (χ3n) is 2.87. The normalized spacial score (nSPS) is 10.7. The van der Waals surface area contributed by atoms with Gasteiger partial charge >= 0.3 is 0 Å². The SMILES string of the molecule is CCC(=O)NCCc1nc2ccccc2n1C. The summed E-state index contributed by atoms with van der Waals surface area (Å²) in [5.74, 6) is 1.09. The second-order valence-electron chi connectivity index (χ2n) is 4.03. The van der Waals surface area contributed by atoms with Crippen molar-refractivity contribution in [2.75, 3.05) is 6.54 Å². The maximum atomic E-state index is 11.1. The molecule has 0 saturated carbocycles. The number of rotatable bonds is 4. The molecular formula is C13H17N3O. The highest BCUT2D eigenvalue weighted by molar-refractivity contribution is 5.76. The van der Waals surface area contributed by atoms with E-state index in [9.17, 15) is 4.79 Å². The largest absolute Gasteiger partial charge is 0.356 e. The number of aryl methyl sites for hydroxylation is 1. The van der Waals surface area contributed by atoms with E-state index in [1.807, 2.05) is 32.2 Å². The Labute approximate surface area is 101 Å². The molecule has 0 atom stereocenters. The summed E-state index contributed by atoms with van der Waals surface area (Å²) in [6, 6.07) is 8.05. The summed E-state index contributed by atoms with van der Waals surface area (Å²) >= 11 is 0. The first-order valence-corrected chi connectivity index (χ1v) is 5.89. The van der Waals surface area contributed by atoms with Crippen molar-refractivity contribution in [3.63, 3.8) is 0 Å². The minimum Gasteiger partial charge on any atom is -0.356 e. The Kier molecular flexibility index (Phi) is 3.42. The van der Waals surface area contributed by atoms with Crippen molar-refractivity contribution in [3.05, 3.63) is 30.1 Å². The van der Waals surface area contributed by atoms with Gasteiger partial charge in [-0.25, -0.2) is 4.98 Å². The van der Waals surface area contributed by atoms with Crippen LogP contribution in [-0.2, 0) is 18.3 Å². The maximum Gasteiger partial charge on any atom is 0.219 e. The van der Waals surface area contributed by atoms with Crippen LogP contribution in [0, 0.1) is 0 Å². The van der Waals surface area contributed by atoms with Crippen LogP contribution in [0.25, 0.3) is 11.0 Å². The fourth-order valence-corrected chi connectivity index (χ4v) is 1.86. The van der Waals surface area contributed by atoms with Crippen LogP contribution in [0.1, 0.15) is 19.2 Å². The maximum absolute atomic E-state index is 11.1. The van der Waals surface area contributed by atoms with E-state index < -0.39 is 0 Å². The molecule has 90 valence electrons. The average molecular weight is 231 g/mol. The van der Waals surface area contributed by atoms with Crippen LogP contribution in [0.4, 0.5) is 0 Å². The number of nitrogens with one attached hydrogen (secondary N) is 1. The van der Waals surface area contributed by atoms with Gasteiger partial charge < -0.3 is 9.88 Å². The molecule has 0 aliphatic rings. The Balaban J connectivity index is 2.09. The van der Waals surface area contributed by atoms with E-state index in [1.54, 1.807) is 0 Å². The molecule has 17 heavy (non-hydrogen) atoms. The minimum atomic E-state index is 0.0868. The molecular weight excluding hydrogens is 214 g/mol. The lowest BCUT2D eigenvalue weighted by Crippen LogP contribution is -2.25. The van der Waals surface area contributed by atoms with Gasteiger partial charge in [0.05, 0.1) is 11.0 Å². The van der Waals surface area contributed by atoms with Gasteiger partial charge in [-0.15, -0.1) is 0 Å². The van der Waals surface area contributed by atoms with E-state index in [1.165, 1.54) is 0 Å². The molecule has 2 rings (SSSR count). The van der Waals surface area contributed by atoms with Gasteiger partial charge in [0.2, 0.25) is 5.91 Å². The van der Waals surface area contributed by atoms with Gasteiger partial charge in [0.15, 0.2) is 0 Å². The monoisotopic (exact) mass is 231 g/mol. The number of para-hydroxylation sites is 2. The summed E-state index contributed by atoms with van der Waals surface area (Å²) in [5.41, 5.74) is 2.14. The van der Waals surface area contributed by atoms with Gasteiger partial charge in [0.25, 0.3) is 0 Å². The van der Waals surface area contributed by atoms with Crippen molar-refractivity contribution in [1.82, 2.24) is 14.9 Å². The molecule has 0 aliphatic heterocycles. The van der Waals surface area contributed by atoms with Crippen LogP contribution in [-0.4, -0.2) is 22.0 Å². The molecule has 0 aliphatic carbocycles. The Bertz CT molecular complexity index is 530. The van der Waals surface area contributed by atoms with Gasteiger partial charge in [0.1, 0.15) is 5.82 Å². The van der Waals surface area contributed by atoms with Gasteiger partial charge in [-0.05, 0) is 12.1 Å². The van der Waals surface area contributed by atoms with Gasteiger partial charge in [0, 0.05) is 26.4 Å². The van der Waals surface area contributed by atoms with Crippen LogP contribution in [0.3, 0.4) is 0 Å². The Hall–Kier alpha value is -1.84. The third kappa shape index (κ3) is 2.46. The molecule has 0 bridgehead atoms. The smallest absolute Gasteiger partial charge is 0.219 e. The second kappa shape index (κ2) is 4.99. The minimum absolute atomic E-state index is 0.0868. The summed E-state index contributed by atoms with van der Waals surface area (Å²) in [5, 5.41) is 2.86. The number of aromatic nitrogens is 2. The highest BCUT2D eigenvalue weighted by atomic mass is 16.1. The zero-order chi connectivity index (χ0) is 12.3. The lowest BCUT2D eigenvalue weighted by atomic mass is 10.3. The van der Waals surface area contributed by atoms with E-state index in [0.717, 1.165) is 23.3 Å². The fraction of sp³-hybridized carbons (Fsp3) is 0.385. The van der Waals surface area contributed by atoms with Crippen molar-refractivity contribution in [1.29, 1.82) is 0 Å². The summed E-state index contributed by atoms with van der Waals surface area (Å²) < 4.78 is 2.08. The number of amides is 1. The van der Waals surface area contributed by atoms with Crippen molar-refractivity contribution in [3.8, 4) is 0 Å². The van der Waals surface area contributed by atoms with Crippen LogP contribution in [0.5, 0.6) is 0 Å². The molecule has 0 fully saturated rings. The van der Waals surface area contributed by atoms with Crippen LogP contribution in [0.15, 0.2) is 24.3 Å². The van der Waals surface area contributed by atoms with Gasteiger partial charge in [-0.1, -0.05) is 19.1 Å². The highest BCUT2D eigenvalue weighted by Gasteiger charge is 2.06. The zero-order valence-electron chi connectivity index (χ0n) is 10.2. The lowest BCUT2D eigenvalue weighted by Gasteiger charge is -2.03. The Morgan fingerprint density at radius 1 is 1.41 bits per heavy atom. The predicted molar refractivity (Wildman–Crippen MR) is 67.7 cm³/mol. The van der Waals surface area contributed by atoms with Crippen molar-refractivity contribution in [2.45, 2.75) is 19.8 Å². The molecule has 4 nitrogen and oxygen atoms in total. The predicted octanol–water partition coefficient (Wildman–Crippen LogP) is 1.64. The fourth-order valence-electron chi connectivity index (χ4n) is 1.86. The quantitative estimate of drug-likeness (QED) is 0.869. The third-order valence-corrected chi connectivity index (χ3v) is 2.87. The van der Waals surface area contributed by atoms with E-state index >= 15 is 0 Å². The van der Waals surface area contributed by atoms with E-state index in [0.29, 0.717) is 13.0 Å². The van der Waals surface area contributed by atoms with Crippen LogP contribution >= 0.6 is 0 Å². The number of carbonyl (C=O) groups is 1. The lowest BCUT2D eigenvalue weighted by molar-refractivity contribution is -0.120.